The molecule has 0 aliphatic heterocycles. The highest BCUT2D eigenvalue weighted by Crippen LogP contribution is 2.17. The lowest BCUT2D eigenvalue weighted by molar-refractivity contribution is -0.125. The zero-order chi connectivity index (χ0) is 12.7. The van der Waals surface area contributed by atoms with Crippen molar-refractivity contribution in [3.05, 3.63) is 35.9 Å². The van der Waals surface area contributed by atoms with E-state index in [-0.39, 0.29) is 6.54 Å². The van der Waals surface area contributed by atoms with E-state index in [1.54, 1.807) is 0 Å². The van der Waals surface area contributed by atoms with Crippen LogP contribution in [-0.2, 0) is 4.79 Å². The number of aliphatic hydroxyl groups excluding tert-OH is 1. The van der Waals surface area contributed by atoms with Gasteiger partial charge in [0.05, 0.1) is 0 Å². The Bertz CT molecular complexity index is 341. The largest absolute Gasteiger partial charge is 0.382 e. The third-order valence-corrected chi connectivity index (χ3v) is 2.79. The summed E-state index contributed by atoms with van der Waals surface area (Å²) in [7, 11) is 0. The molecule has 0 saturated heterocycles. The number of rotatable bonds is 7. The van der Waals surface area contributed by atoms with Crippen molar-refractivity contribution >= 4 is 5.91 Å². The SMILES string of the molecule is CC(CCNCC(O)C(N)=O)c1ccccc1. The lowest BCUT2D eigenvalue weighted by Gasteiger charge is -2.13. The Morgan fingerprint density at radius 1 is 1.41 bits per heavy atom. The van der Waals surface area contributed by atoms with E-state index < -0.39 is 12.0 Å². The molecule has 4 heteroatoms. The standard InChI is InChI=1S/C13H20N2O2/c1-10(11-5-3-2-4-6-11)7-8-15-9-12(16)13(14)17/h2-6,10,12,15-16H,7-9H2,1H3,(H2,14,17). The van der Waals surface area contributed by atoms with Gasteiger partial charge in [-0.2, -0.15) is 0 Å². The van der Waals surface area contributed by atoms with Crippen LogP contribution in [0.3, 0.4) is 0 Å². The second-order valence-corrected chi connectivity index (χ2v) is 4.22. The Morgan fingerprint density at radius 3 is 2.65 bits per heavy atom. The van der Waals surface area contributed by atoms with Crippen LogP contribution >= 0.6 is 0 Å². The summed E-state index contributed by atoms with van der Waals surface area (Å²) in [5, 5.41) is 12.2. The van der Waals surface area contributed by atoms with Crippen LogP contribution in [0.5, 0.6) is 0 Å². The minimum atomic E-state index is -1.10. The Morgan fingerprint density at radius 2 is 2.06 bits per heavy atom. The molecule has 2 atom stereocenters. The zero-order valence-corrected chi connectivity index (χ0v) is 10.1. The number of benzene rings is 1. The number of hydrogen-bond acceptors (Lipinski definition) is 3. The molecule has 0 spiro atoms. The molecule has 4 nitrogen and oxygen atoms in total. The van der Waals surface area contributed by atoms with E-state index in [9.17, 15) is 9.90 Å². The van der Waals surface area contributed by atoms with Crippen LogP contribution in [0.2, 0.25) is 0 Å². The molecule has 0 radical (unpaired) electrons. The van der Waals surface area contributed by atoms with Gasteiger partial charge in [-0.15, -0.1) is 0 Å². The fourth-order valence-electron chi connectivity index (χ4n) is 1.61. The molecule has 4 N–H and O–H groups in total. The first-order chi connectivity index (χ1) is 8.11. The molecule has 0 aliphatic rings. The van der Waals surface area contributed by atoms with Crippen LogP contribution in [0.25, 0.3) is 0 Å². The van der Waals surface area contributed by atoms with Crippen molar-refractivity contribution in [2.75, 3.05) is 13.1 Å². The van der Waals surface area contributed by atoms with Crippen molar-refractivity contribution in [1.82, 2.24) is 5.32 Å². The first kappa shape index (κ1) is 13.7. The summed E-state index contributed by atoms with van der Waals surface area (Å²) >= 11 is 0. The summed E-state index contributed by atoms with van der Waals surface area (Å²) in [6.07, 6.45) is -0.141. The summed E-state index contributed by atoms with van der Waals surface area (Å²) in [6, 6.07) is 10.2. The monoisotopic (exact) mass is 236 g/mol. The Labute approximate surface area is 102 Å². The van der Waals surface area contributed by atoms with Crippen molar-refractivity contribution in [2.45, 2.75) is 25.4 Å². The van der Waals surface area contributed by atoms with Gasteiger partial charge in [-0.25, -0.2) is 0 Å². The lowest BCUT2D eigenvalue weighted by atomic mass is 9.98. The minimum Gasteiger partial charge on any atom is -0.382 e. The van der Waals surface area contributed by atoms with Crippen molar-refractivity contribution in [1.29, 1.82) is 0 Å². The molecular formula is C13H20N2O2. The molecule has 0 fully saturated rings. The topological polar surface area (TPSA) is 75.3 Å². The van der Waals surface area contributed by atoms with Gasteiger partial charge in [0.1, 0.15) is 6.10 Å². The van der Waals surface area contributed by atoms with Crippen LogP contribution in [0.1, 0.15) is 24.8 Å². The first-order valence-electron chi connectivity index (χ1n) is 5.84. The fraction of sp³-hybridized carbons (Fsp3) is 0.462. The average Bonchev–Trinajstić information content (AvgIpc) is 2.35. The van der Waals surface area contributed by atoms with Gasteiger partial charge < -0.3 is 16.2 Å². The van der Waals surface area contributed by atoms with E-state index in [0.717, 1.165) is 13.0 Å². The molecule has 17 heavy (non-hydrogen) atoms. The molecule has 2 unspecified atom stereocenters. The molecule has 0 aliphatic carbocycles. The Kier molecular flexibility index (Phi) is 5.66. The third kappa shape index (κ3) is 4.97. The van der Waals surface area contributed by atoms with Crippen molar-refractivity contribution in [2.24, 2.45) is 5.73 Å². The quantitative estimate of drug-likeness (QED) is 0.607. The van der Waals surface area contributed by atoms with Gasteiger partial charge in [0.25, 0.3) is 0 Å². The number of nitrogens with two attached hydrogens (primary N) is 1. The minimum absolute atomic E-state index is 0.219. The second-order valence-electron chi connectivity index (χ2n) is 4.22. The lowest BCUT2D eigenvalue weighted by Crippen LogP contribution is -2.38. The van der Waals surface area contributed by atoms with Gasteiger partial charge in [-0.3, -0.25) is 4.79 Å². The summed E-state index contributed by atoms with van der Waals surface area (Å²) in [6.45, 7) is 3.12. The zero-order valence-electron chi connectivity index (χ0n) is 10.1. The van der Waals surface area contributed by atoms with E-state index in [4.69, 9.17) is 5.73 Å². The molecule has 1 amide bonds. The summed E-state index contributed by atoms with van der Waals surface area (Å²) in [4.78, 5) is 10.6. The van der Waals surface area contributed by atoms with E-state index in [1.807, 2.05) is 18.2 Å². The normalized spacial score (nSPS) is 14.2. The van der Waals surface area contributed by atoms with Crippen molar-refractivity contribution < 1.29 is 9.90 Å². The van der Waals surface area contributed by atoms with E-state index in [0.29, 0.717) is 5.92 Å². The van der Waals surface area contributed by atoms with E-state index >= 15 is 0 Å². The smallest absolute Gasteiger partial charge is 0.247 e. The maximum Gasteiger partial charge on any atom is 0.247 e. The molecule has 1 aromatic carbocycles. The molecular weight excluding hydrogens is 216 g/mol. The summed E-state index contributed by atoms with van der Waals surface area (Å²) < 4.78 is 0. The second kappa shape index (κ2) is 7.04. The van der Waals surface area contributed by atoms with Crippen LogP contribution in [0.4, 0.5) is 0 Å². The number of hydrogen-bond donors (Lipinski definition) is 3. The number of nitrogens with one attached hydrogen (secondary N) is 1. The fourth-order valence-corrected chi connectivity index (χ4v) is 1.61. The molecule has 0 saturated carbocycles. The predicted molar refractivity (Wildman–Crippen MR) is 67.5 cm³/mol. The van der Waals surface area contributed by atoms with E-state index in [1.165, 1.54) is 5.56 Å². The predicted octanol–water partition coefficient (Wildman–Crippen LogP) is 0.616. The van der Waals surface area contributed by atoms with Gasteiger partial charge in [0, 0.05) is 6.54 Å². The number of carbonyl (C=O) groups is 1. The number of aliphatic hydroxyl groups is 1. The molecule has 1 rings (SSSR count). The van der Waals surface area contributed by atoms with Crippen LogP contribution in [0, 0.1) is 0 Å². The molecule has 1 aromatic rings. The first-order valence-corrected chi connectivity index (χ1v) is 5.84. The van der Waals surface area contributed by atoms with Crippen LogP contribution < -0.4 is 11.1 Å². The maximum absolute atomic E-state index is 10.6. The van der Waals surface area contributed by atoms with Gasteiger partial charge in [-0.1, -0.05) is 37.3 Å². The Balaban J connectivity index is 2.21. The highest BCUT2D eigenvalue weighted by Gasteiger charge is 2.10. The summed E-state index contributed by atoms with van der Waals surface area (Å²) in [5.74, 6) is -0.233. The molecule has 0 bridgehead atoms. The highest BCUT2D eigenvalue weighted by atomic mass is 16.3. The molecule has 94 valence electrons. The van der Waals surface area contributed by atoms with Gasteiger partial charge in [-0.05, 0) is 24.4 Å². The number of primary amides is 1. The number of carbonyl (C=O) groups excluding carboxylic acids is 1. The maximum atomic E-state index is 10.6. The van der Waals surface area contributed by atoms with E-state index in [2.05, 4.69) is 24.4 Å². The Hall–Kier alpha value is -1.39. The number of amides is 1. The highest BCUT2D eigenvalue weighted by molar-refractivity contribution is 5.78. The average molecular weight is 236 g/mol. The van der Waals surface area contributed by atoms with Crippen molar-refractivity contribution in [3.63, 3.8) is 0 Å². The van der Waals surface area contributed by atoms with Gasteiger partial charge in [0.15, 0.2) is 0 Å². The van der Waals surface area contributed by atoms with Crippen molar-refractivity contribution in [3.8, 4) is 0 Å². The third-order valence-electron chi connectivity index (χ3n) is 2.79. The van der Waals surface area contributed by atoms with Gasteiger partial charge >= 0.3 is 0 Å². The van der Waals surface area contributed by atoms with Gasteiger partial charge in [0.2, 0.25) is 5.91 Å². The molecule has 0 heterocycles. The molecule has 0 aromatic heterocycles. The summed E-state index contributed by atoms with van der Waals surface area (Å²) in [5.41, 5.74) is 6.24. The van der Waals surface area contributed by atoms with Crippen LogP contribution in [-0.4, -0.2) is 30.2 Å². The van der Waals surface area contributed by atoms with Crippen LogP contribution in [0.15, 0.2) is 30.3 Å².